The number of rotatable bonds is 5. The highest BCUT2D eigenvalue weighted by Crippen LogP contribution is 2.25. The molecule has 1 rings (SSSR count). The fourth-order valence-corrected chi connectivity index (χ4v) is 2.08. The van der Waals surface area contributed by atoms with Crippen LogP contribution >= 0.6 is 0 Å². The van der Waals surface area contributed by atoms with E-state index in [9.17, 15) is 14.7 Å². The molecule has 0 saturated heterocycles. The van der Waals surface area contributed by atoms with Crippen LogP contribution in [-0.4, -0.2) is 33.9 Å². The van der Waals surface area contributed by atoms with Gasteiger partial charge in [0.05, 0.1) is 12.5 Å². The van der Waals surface area contributed by atoms with E-state index in [4.69, 9.17) is 15.6 Å². The molecule has 0 aliphatic heterocycles. The number of benzene rings is 1. The maximum Gasteiger partial charge on any atom is 0.407 e. The van der Waals surface area contributed by atoms with Gasteiger partial charge in [-0.3, -0.25) is 4.79 Å². The van der Waals surface area contributed by atoms with Gasteiger partial charge in [-0.15, -0.1) is 0 Å². The number of carboxylic acids is 1. The van der Waals surface area contributed by atoms with Crippen LogP contribution in [-0.2, 0) is 9.53 Å². The number of aryl methyl sites for hydroxylation is 1. The number of aliphatic hydroxyl groups is 1. The lowest BCUT2D eigenvalue weighted by molar-refractivity contribution is -0.138. The Bertz CT molecular complexity index is 580. The molecule has 0 aromatic heterocycles. The van der Waals surface area contributed by atoms with Crippen LogP contribution in [0, 0.1) is 6.92 Å². The van der Waals surface area contributed by atoms with E-state index >= 15 is 0 Å². The highest BCUT2D eigenvalue weighted by atomic mass is 16.6. The van der Waals surface area contributed by atoms with E-state index in [-0.39, 0.29) is 0 Å². The van der Waals surface area contributed by atoms with Crippen LogP contribution in [0.2, 0.25) is 0 Å². The Labute approximate surface area is 135 Å². The predicted molar refractivity (Wildman–Crippen MR) is 86.0 cm³/mol. The van der Waals surface area contributed by atoms with Gasteiger partial charge in [-0.1, -0.05) is 6.07 Å². The Balaban J connectivity index is 2.98. The van der Waals surface area contributed by atoms with E-state index in [0.717, 1.165) is 5.56 Å². The molecule has 23 heavy (non-hydrogen) atoms. The number of anilines is 1. The molecule has 7 heteroatoms. The third-order valence-corrected chi connectivity index (χ3v) is 3.10. The van der Waals surface area contributed by atoms with Gasteiger partial charge in [-0.2, -0.15) is 0 Å². The second kappa shape index (κ2) is 7.32. The van der Waals surface area contributed by atoms with Crippen LogP contribution in [0.5, 0.6) is 0 Å². The van der Waals surface area contributed by atoms with Gasteiger partial charge in [0.25, 0.3) is 0 Å². The second-order valence-electron chi connectivity index (χ2n) is 6.41. The molecule has 128 valence electrons. The number of carbonyl (C=O) groups excluding carboxylic acids is 1. The number of amides is 1. The predicted octanol–water partition coefficient (Wildman–Crippen LogP) is 1.98. The number of nitrogen functional groups attached to an aromatic ring is 1. The van der Waals surface area contributed by atoms with Gasteiger partial charge in [0.1, 0.15) is 11.7 Å². The zero-order valence-corrected chi connectivity index (χ0v) is 13.8. The van der Waals surface area contributed by atoms with E-state index in [1.165, 1.54) is 0 Å². The fourth-order valence-electron chi connectivity index (χ4n) is 2.08. The summed E-state index contributed by atoms with van der Waals surface area (Å²) in [5.74, 6) is -1.15. The number of nitrogens with one attached hydrogen (secondary N) is 1. The molecule has 1 amide bonds. The highest BCUT2D eigenvalue weighted by Gasteiger charge is 2.28. The lowest BCUT2D eigenvalue weighted by atomic mass is 9.95. The van der Waals surface area contributed by atoms with Crippen LogP contribution in [0.4, 0.5) is 10.5 Å². The van der Waals surface area contributed by atoms with Crippen molar-refractivity contribution < 1.29 is 24.5 Å². The van der Waals surface area contributed by atoms with Gasteiger partial charge in [0.2, 0.25) is 0 Å². The zero-order chi connectivity index (χ0) is 17.8. The first kappa shape index (κ1) is 18.8. The molecule has 0 heterocycles. The smallest absolute Gasteiger partial charge is 0.407 e. The lowest BCUT2D eigenvalue weighted by Gasteiger charge is -2.26. The van der Waals surface area contributed by atoms with E-state index in [0.29, 0.717) is 11.3 Å². The Morgan fingerprint density at radius 2 is 1.96 bits per heavy atom. The van der Waals surface area contributed by atoms with Crippen LogP contribution in [0.15, 0.2) is 18.2 Å². The largest absolute Gasteiger partial charge is 0.481 e. The summed E-state index contributed by atoms with van der Waals surface area (Å²) in [6.07, 6.45) is -2.46. The van der Waals surface area contributed by atoms with Crippen molar-refractivity contribution in [3.8, 4) is 0 Å². The molecule has 0 saturated carbocycles. The molecular weight excluding hydrogens is 300 g/mol. The Kier molecular flexibility index (Phi) is 5.98. The second-order valence-corrected chi connectivity index (χ2v) is 6.41. The number of aliphatic hydroxyl groups excluding tert-OH is 1. The first-order chi connectivity index (χ1) is 10.5. The van der Waals surface area contributed by atoms with Crippen molar-refractivity contribution in [3.05, 3.63) is 29.3 Å². The molecule has 0 aliphatic rings. The summed E-state index contributed by atoms with van der Waals surface area (Å²) in [5, 5.41) is 21.9. The number of hydrogen-bond donors (Lipinski definition) is 4. The van der Waals surface area contributed by atoms with E-state index in [1.54, 1.807) is 45.9 Å². The Morgan fingerprint density at radius 3 is 2.48 bits per heavy atom. The zero-order valence-electron chi connectivity index (χ0n) is 13.8. The normalized spacial score (nSPS) is 14.0. The number of alkyl carbamates (subject to hydrolysis) is 1. The maximum absolute atomic E-state index is 11.9. The van der Waals surface area contributed by atoms with Gasteiger partial charge < -0.3 is 26.0 Å². The van der Waals surface area contributed by atoms with Crippen molar-refractivity contribution in [2.45, 2.75) is 51.9 Å². The van der Waals surface area contributed by atoms with Crippen LogP contribution in [0.3, 0.4) is 0 Å². The minimum Gasteiger partial charge on any atom is -0.481 e. The van der Waals surface area contributed by atoms with Crippen LogP contribution < -0.4 is 11.1 Å². The molecule has 0 fully saturated rings. The summed E-state index contributed by atoms with van der Waals surface area (Å²) < 4.78 is 5.11. The van der Waals surface area contributed by atoms with Gasteiger partial charge in [-0.25, -0.2) is 4.79 Å². The van der Waals surface area contributed by atoms with Gasteiger partial charge >= 0.3 is 12.1 Å². The molecular formula is C16H24N2O5. The standard InChI is InChI=1S/C16H24N2O5/c1-9-5-6-10(17)7-11(9)14(21)12(8-13(19)20)18-15(22)23-16(2,3)4/h5-7,12,14,21H,8,17H2,1-4H3,(H,18,22)(H,19,20). The highest BCUT2D eigenvalue weighted by molar-refractivity contribution is 5.72. The average molecular weight is 324 g/mol. The number of aliphatic carboxylic acids is 1. The van der Waals surface area contributed by atoms with E-state index < -0.39 is 36.2 Å². The molecule has 7 nitrogen and oxygen atoms in total. The SMILES string of the molecule is Cc1ccc(N)cc1C(O)C(CC(=O)O)NC(=O)OC(C)(C)C. The molecule has 0 aliphatic carbocycles. The molecule has 0 spiro atoms. The first-order valence-electron chi connectivity index (χ1n) is 7.25. The van der Waals surface area contributed by atoms with Crippen molar-refractivity contribution in [1.82, 2.24) is 5.32 Å². The number of nitrogens with two attached hydrogens (primary N) is 1. The molecule has 0 radical (unpaired) electrons. The molecule has 2 atom stereocenters. The van der Waals surface area contributed by atoms with Gasteiger partial charge in [-0.05, 0) is 51.0 Å². The van der Waals surface area contributed by atoms with Gasteiger partial charge in [0.15, 0.2) is 0 Å². The minimum atomic E-state index is -1.22. The summed E-state index contributed by atoms with van der Waals surface area (Å²) in [4.78, 5) is 22.9. The molecule has 2 unspecified atom stereocenters. The monoisotopic (exact) mass is 324 g/mol. The fraction of sp³-hybridized carbons (Fsp3) is 0.500. The molecule has 0 bridgehead atoms. The van der Waals surface area contributed by atoms with Crippen molar-refractivity contribution in [2.24, 2.45) is 0 Å². The van der Waals surface area contributed by atoms with Crippen LogP contribution in [0.25, 0.3) is 0 Å². The maximum atomic E-state index is 11.9. The molecule has 1 aromatic carbocycles. The number of carbonyl (C=O) groups is 2. The van der Waals surface area contributed by atoms with E-state index in [2.05, 4.69) is 5.32 Å². The summed E-state index contributed by atoms with van der Waals surface area (Å²) in [5.41, 5.74) is 6.63. The number of carboxylic acid groups (broad SMARTS) is 1. The quantitative estimate of drug-likeness (QED) is 0.614. The summed E-state index contributed by atoms with van der Waals surface area (Å²) >= 11 is 0. The Morgan fingerprint density at radius 1 is 1.35 bits per heavy atom. The van der Waals surface area contributed by atoms with Crippen molar-refractivity contribution in [1.29, 1.82) is 0 Å². The molecule has 5 N–H and O–H groups in total. The Hall–Kier alpha value is -2.28. The third kappa shape index (κ3) is 6.15. The topological polar surface area (TPSA) is 122 Å². The van der Waals surface area contributed by atoms with Crippen molar-refractivity contribution >= 4 is 17.7 Å². The third-order valence-electron chi connectivity index (χ3n) is 3.10. The molecule has 1 aromatic rings. The lowest BCUT2D eigenvalue weighted by Crippen LogP contribution is -2.43. The van der Waals surface area contributed by atoms with Crippen LogP contribution in [0.1, 0.15) is 44.4 Å². The number of hydrogen-bond acceptors (Lipinski definition) is 5. The summed E-state index contributed by atoms with van der Waals surface area (Å²) in [6.45, 7) is 6.84. The number of ether oxygens (including phenoxy) is 1. The minimum absolute atomic E-state index is 0.441. The first-order valence-corrected chi connectivity index (χ1v) is 7.25. The van der Waals surface area contributed by atoms with E-state index in [1.807, 2.05) is 0 Å². The summed E-state index contributed by atoms with van der Waals surface area (Å²) in [7, 11) is 0. The van der Waals surface area contributed by atoms with Crippen molar-refractivity contribution in [2.75, 3.05) is 5.73 Å². The van der Waals surface area contributed by atoms with Gasteiger partial charge in [0, 0.05) is 5.69 Å². The summed E-state index contributed by atoms with van der Waals surface area (Å²) in [6, 6.07) is 3.92. The van der Waals surface area contributed by atoms with Crippen molar-refractivity contribution in [3.63, 3.8) is 0 Å². The average Bonchev–Trinajstić information content (AvgIpc) is 2.37.